The first-order valence-corrected chi connectivity index (χ1v) is 9.21. The maximum absolute atomic E-state index is 12.4. The molecule has 0 aliphatic heterocycles. The summed E-state index contributed by atoms with van der Waals surface area (Å²) in [7, 11) is 0. The first-order chi connectivity index (χ1) is 12.4. The van der Waals surface area contributed by atoms with E-state index in [4.69, 9.17) is 9.47 Å². The molecule has 0 saturated heterocycles. The number of anilines is 1. The lowest BCUT2D eigenvalue weighted by Crippen LogP contribution is -2.12. The third kappa shape index (κ3) is 6.79. The molecule has 0 heterocycles. The third-order valence-corrected chi connectivity index (χ3v) is 3.76. The van der Waals surface area contributed by atoms with Crippen molar-refractivity contribution in [2.24, 2.45) is 11.8 Å². The zero-order valence-electron chi connectivity index (χ0n) is 16.1. The minimum absolute atomic E-state index is 0.159. The average molecular weight is 355 g/mol. The smallest absolute Gasteiger partial charge is 0.255 e. The highest BCUT2D eigenvalue weighted by Crippen LogP contribution is 2.19. The zero-order chi connectivity index (χ0) is 18.9. The lowest BCUT2D eigenvalue weighted by molar-refractivity contribution is 0.102. The van der Waals surface area contributed by atoms with E-state index in [1.165, 1.54) is 0 Å². The number of hydrogen-bond donors (Lipinski definition) is 1. The Kier molecular flexibility index (Phi) is 7.52. The van der Waals surface area contributed by atoms with Gasteiger partial charge >= 0.3 is 0 Å². The molecule has 0 aliphatic carbocycles. The fraction of sp³-hybridized carbons (Fsp3) is 0.409. The van der Waals surface area contributed by atoms with Crippen LogP contribution in [0.15, 0.2) is 48.5 Å². The first kappa shape index (κ1) is 19.8. The number of carbonyl (C=O) groups is 1. The molecular weight excluding hydrogens is 326 g/mol. The molecule has 140 valence electrons. The van der Waals surface area contributed by atoms with Crippen LogP contribution in [-0.4, -0.2) is 19.1 Å². The number of rotatable bonds is 9. The highest BCUT2D eigenvalue weighted by Gasteiger charge is 2.08. The Labute approximate surface area is 156 Å². The summed E-state index contributed by atoms with van der Waals surface area (Å²) >= 11 is 0. The van der Waals surface area contributed by atoms with E-state index in [9.17, 15) is 4.79 Å². The molecule has 0 aliphatic rings. The van der Waals surface area contributed by atoms with Gasteiger partial charge in [-0.05, 0) is 60.7 Å². The van der Waals surface area contributed by atoms with Gasteiger partial charge in [0.1, 0.15) is 11.5 Å². The molecule has 0 spiro atoms. The van der Waals surface area contributed by atoms with E-state index in [0.717, 1.165) is 17.9 Å². The van der Waals surface area contributed by atoms with E-state index in [2.05, 4.69) is 33.0 Å². The molecule has 0 bridgehead atoms. The second-order valence-corrected chi connectivity index (χ2v) is 7.24. The van der Waals surface area contributed by atoms with Crippen molar-refractivity contribution < 1.29 is 14.3 Å². The van der Waals surface area contributed by atoms with Crippen molar-refractivity contribution in [2.45, 2.75) is 34.1 Å². The highest BCUT2D eigenvalue weighted by molar-refractivity contribution is 6.04. The van der Waals surface area contributed by atoms with Crippen LogP contribution in [0.5, 0.6) is 11.5 Å². The van der Waals surface area contributed by atoms with Gasteiger partial charge in [0, 0.05) is 11.3 Å². The van der Waals surface area contributed by atoms with Gasteiger partial charge in [0.25, 0.3) is 5.91 Å². The normalized spacial score (nSPS) is 10.8. The van der Waals surface area contributed by atoms with Crippen molar-refractivity contribution in [3.63, 3.8) is 0 Å². The SMILES string of the molecule is CC(C)CCOc1ccc(NC(=O)c2cccc(OCC(C)C)c2)cc1. The van der Waals surface area contributed by atoms with Crippen LogP contribution in [0, 0.1) is 11.8 Å². The van der Waals surface area contributed by atoms with Gasteiger partial charge < -0.3 is 14.8 Å². The van der Waals surface area contributed by atoms with Crippen molar-refractivity contribution in [3.8, 4) is 11.5 Å². The number of carbonyl (C=O) groups excluding carboxylic acids is 1. The summed E-state index contributed by atoms with van der Waals surface area (Å²) in [6.45, 7) is 9.85. The molecule has 2 aromatic carbocycles. The summed E-state index contributed by atoms with van der Waals surface area (Å²) in [6, 6.07) is 14.7. The maximum atomic E-state index is 12.4. The Hall–Kier alpha value is -2.49. The quantitative estimate of drug-likeness (QED) is 0.655. The van der Waals surface area contributed by atoms with Gasteiger partial charge in [0.05, 0.1) is 13.2 Å². The van der Waals surface area contributed by atoms with Crippen LogP contribution in [0.2, 0.25) is 0 Å². The van der Waals surface area contributed by atoms with Crippen LogP contribution in [0.1, 0.15) is 44.5 Å². The van der Waals surface area contributed by atoms with Gasteiger partial charge in [-0.3, -0.25) is 4.79 Å². The number of nitrogens with one attached hydrogen (secondary N) is 1. The van der Waals surface area contributed by atoms with Crippen molar-refractivity contribution >= 4 is 11.6 Å². The first-order valence-electron chi connectivity index (χ1n) is 9.21. The molecule has 0 aromatic heterocycles. The van der Waals surface area contributed by atoms with Crippen molar-refractivity contribution in [3.05, 3.63) is 54.1 Å². The topological polar surface area (TPSA) is 47.6 Å². The molecule has 1 amide bonds. The minimum atomic E-state index is -0.159. The van der Waals surface area contributed by atoms with Crippen molar-refractivity contribution in [1.82, 2.24) is 0 Å². The van der Waals surface area contributed by atoms with Crippen LogP contribution in [-0.2, 0) is 0 Å². The van der Waals surface area contributed by atoms with Gasteiger partial charge in [-0.15, -0.1) is 0 Å². The van der Waals surface area contributed by atoms with Crippen LogP contribution in [0.4, 0.5) is 5.69 Å². The zero-order valence-corrected chi connectivity index (χ0v) is 16.1. The largest absolute Gasteiger partial charge is 0.494 e. The predicted octanol–water partition coefficient (Wildman–Crippen LogP) is 5.40. The van der Waals surface area contributed by atoms with E-state index in [-0.39, 0.29) is 5.91 Å². The molecular formula is C22H29NO3. The molecule has 1 N–H and O–H groups in total. The molecule has 4 nitrogen and oxygen atoms in total. The minimum Gasteiger partial charge on any atom is -0.494 e. The molecule has 2 rings (SSSR count). The fourth-order valence-electron chi connectivity index (χ4n) is 2.24. The van der Waals surface area contributed by atoms with Crippen LogP contribution < -0.4 is 14.8 Å². The Morgan fingerprint density at radius 3 is 2.31 bits per heavy atom. The highest BCUT2D eigenvalue weighted by atomic mass is 16.5. The van der Waals surface area contributed by atoms with E-state index in [1.807, 2.05) is 36.4 Å². The lowest BCUT2D eigenvalue weighted by Gasteiger charge is -2.11. The molecule has 26 heavy (non-hydrogen) atoms. The molecule has 0 radical (unpaired) electrons. The van der Waals surface area contributed by atoms with E-state index in [0.29, 0.717) is 36.4 Å². The monoisotopic (exact) mass is 355 g/mol. The average Bonchev–Trinajstić information content (AvgIpc) is 2.61. The number of hydrogen-bond acceptors (Lipinski definition) is 3. The van der Waals surface area contributed by atoms with E-state index in [1.54, 1.807) is 12.1 Å². The summed E-state index contributed by atoms with van der Waals surface area (Å²) in [5, 5.41) is 2.90. The summed E-state index contributed by atoms with van der Waals surface area (Å²) in [5.41, 5.74) is 1.31. The van der Waals surface area contributed by atoms with Gasteiger partial charge in [0.15, 0.2) is 0 Å². The molecule has 2 aromatic rings. The molecule has 0 fully saturated rings. The molecule has 0 unspecified atom stereocenters. The second kappa shape index (κ2) is 9.85. The second-order valence-electron chi connectivity index (χ2n) is 7.24. The number of amides is 1. The summed E-state index contributed by atoms with van der Waals surface area (Å²) in [6.07, 6.45) is 1.02. The van der Waals surface area contributed by atoms with Gasteiger partial charge in [-0.1, -0.05) is 33.8 Å². The maximum Gasteiger partial charge on any atom is 0.255 e. The van der Waals surface area contributed by atoms with E-state index >= 15 is 0 Å². The number of ether oxygens (including phenoxy) is 2. The lowest BCUT2D eigenvalue weighted by atomic mass is 10.1. The predicted molar refractivity (Wildman–Crippen MR) is 106 cm³/mol. The van der Waals surface area contributed by atoms with Crippen molar-refractivity contribution in [2.75, 3.05) is 18.5 Å². The Morgan fingerprint density at radius 1 is 0.923 bits per heavy atom. The molecule has 0 atom stereocenters. The Bertz CT molecular complexity index is 693. The molecule has 4 heteroatoms. The molecule has 0 saturated carbocycles. The fourth-order valence-corrected chi connectivity index (χ4v) is 2.24. The standard InChI is InChI=1S/C22H29NO3/c1-16(2)12-13-25-20-10-8-19(9-11-20)23-22(24)18-6-5-7-21(14-18)26-15-17(3)4/h5-11,14,16-17H,12-13,15H2,1-4H3,(H,23,24). The van der Waals surface area contributed by atoms with Crippen LogP contribution in [0.25, 0.3) is 0 Å². The summed E-state index contributed by atoms with van der Waals surface area (Å²) in [4.78, 5) is 12.4. The summed E-state index contributed by atoms with van der Waals surface area (Å²) < 4.78 is 11.4. The third-order valence-electron chi connectivity index (χ3n) is 3.76. The number of benzene rings is 2. The van der Waals surface area contributed by atoms with Gasteiger partial charge in [-0.2, -0.15) is 0 Å². The van der Waals surface area contributed by atoms with Crippen LogP contribution in [0.3, 0.4) is 0 Å². The summed E-state index contributed by atoms with van der Waals surface area (Å²) in [5.74, 6) is 2.42. The van der Waals surface area contributed by atoms with Crippen molar-refractivity contribution in [1.29, 1.82) is 0 Å². The Morgan fingerprint density at radius 2 is 1.65 bits per heavy atom. The van der Waals surface area contributed by atoms with E-state index < -0.39 is 0 Å². The van der Waals surface area contributed by atoms with Gasteiger partial charge in [0.2, 0.25) is 0 Å². The van der Waals surface area contributed by atoms with Crippen LogP contribution >= 0.6 is 0 Å². The van der Waals surface area contributed by atoms with Gasteiger partial charge in [-0.25, -0.2) is 0 Å². The Balaban J connectivity index is 1.91.